The van der Waals surface area contributed by atoms with Crippen LogP contribution in [0, 0.1) is 24.7 Å². The minimum Gasteiger partial charge on any atom is -0.353 e. The predicted molar refractivity (Wildman–Crippen MR) is 132 cm³/mol. The van der Waals surface area contributed by atoms with Gasteiger partial charge < -0.3 is 10.6 Å². The van der Waals surface area contributed by atoms with E-state index in [0.717, 1.165) is 16.7 Å². The average molecular weight is 476 g/mol. The number of aryl methyl sites for hydroxylation is 1. The van der Waals surface area contributed by atoms with E-state index in [-0.39, 0.29) is 40.5 Å². The number of halogens is 1. The molecule has 1 saturated carbocycles. The summed E-state index contributed by atoms with van der Waals surface area (Å²) in [6.45, 7) is 5.59. The predicted octanol–water partition coefficient (Wildman–Crippen LogP) is 4.37. The highest BCUT2D eigenvalue weighted by Gasteiger charge is 2.35. The summed E-state index contributed by atoms with van der Waals surface area (Å²) in [5, 5.41) is 10.4. The zero-order chi connectivity index (χ0) is 24.2. The molecule has 7 nitrogen and oxygen atoms in total. The van der Waals surface area contributed by atoms with Gasteiger partial charge in [0.1, 0.15) is 11.5 Å². The van der Waals surface area contributed by atoms with Gasteiger partial charge in [0, 0.05) is 29.3 Å². The van der Waals surface area contributed by atoms with Gasteiger partial charge in [0.2, 0.25) is 5.91 Å². The molecule has 0 radical (unpaired) electrons. The maximum atomic E-state index is 13.1. The summed E-state index contributed by atoms with van der Waals surface area (Å²) in [6.07, 6.45) is 4.50. The molecule has 1 aliphatic rings. The Hall–Kier alpha value is -3.63. The van der Waals surface area contributed by atoms with Crippen molar-refractivity contribution in [2.75, 3.05) is 5.32 Å². The first-order valence-corrected chi connectivity index (χ1v) is 11.6. The molecule has 1 aliphatic carbocycles. The molecule has 4 rings (SSSR count). The smallest absolute Gasteiger partial charge is 0.276 e. The Morgan fingerprint density at radius 1 is 1.12 bits per heavy atom. The van der Waals surface area contributed by atoms with Crippen molar-refractivity contribution in [1.29, 1.82) is 0 Å². The normalized spacial score (nSPS) is 16.9. The van der Waals surface area contributed by atoms with E-state index in [1.54, 1.807) is 10.9 Å². The summed E-state index contributed by atoms with van der Waals surface area (Å²) in [5.41, 5.74) is 2.75. The number of carbonyl (C=O) groups excluding carboxylic acids is 2. The monoisotopic (exact) mass is 475 g/mol. The van der Waals surface area contributed by atoms with Crippen molar-refractivity contribution in [2.45, 2.75) is 45.7 Å². The molecule has 2 aromatic heterocycles. The number of anilines is 1. The summed E-state index contributed by atoms with van der Waals surface area (Å²) in [4.78, 5) is 29.4. The number of nitrogens with zero attached hydrogens (tertiary/aromatic N) is 3. The van der Waals surface area contributed by atoms with Gasteiger partial charge in [-0.15, -0.1) is 0 Å². The van der Waals surface area contributed by atoms with Crippen LogP contribution in [0.3, 0.4) is 0 Å². The summed E-state index contributed by atoms with van der Waals surface area (Å²) in [6, 6.07) is 11.7. The van der Waals surface area contributed by atoms with Gasteiger partial charge in [-0.3, -0.25) is 14.3 Å². The fraction of sp³-hybridized carbons (Fsp3) is 0.308. The van der Waals surface area contributed by atoms with Crippen LogP contribution in [0.5, 0.6) is 0 Å². The first-order valence-electron chi connectivity index (χ1n) is 11.2. The zero-order valence-corrected chi connectivity index (χ0v) is 20.1. The van der Waals surface area contributed by atoms with Crippen LogP contribution in [0.2, 0.25) is 5.02 Å². The summed E-state index contributed by atoms with van der Waals surface area (Å²) in [5.74, 6) is 6.22. The van der Waals surface area contributed by atoms with E-state index < -0.39 is 0 Å². The highest BCUT2D eigenvalue weighted by molar-refractivity contribution is 6.34. The van der Waals surface area contributed by atoms with Gasteiger partial charge in [-0.1, -0.05) is 55.5 Å². The van der Waals surface area contributed by atoms with E-state index in [4.69, 9.17) is 11.6 Å². The number of hydrogen-bond acceptors (Lipinski definition) is 4. The van der Waals surface area contributed by atoms with Crippen LogP contribution >= 0.6 is 11.6 Å². The van der Waals surface area contributed by atoms with Crippen molar-refractivity contribution in [3.05, 3.63) is 76.2 Å². The van der Waals surface area contributed by atoms with Crippen molar-refractivity contribution < 1.29 is 9.59 Å². The summed E-state index contributed by atoms with van der Waals surface area (Å²) >= 11 is 6.31. The third-order valence-corrected chi connectivity index (χ3v) is 6.01. The molecule has 1 fully saturated rings. The molecule has 0 aliphatic heterocycles. The Kier molecular flexibility index (Phi) is 6.99. The summed E-state index contributed by atoms with van der Waals surface area (Å²) in [7, 11) is 0. The molecule has 34 heavy (non-hydrogen) atoms. The van der Waals surface area contributed by atoms with Crippen LogP contribution in [-0.2, 0) is 4.79 Å². The second-order valence-corrected chi connectivity index (χ2v) is 9.14. The molecular weight excluding hydrogens is 450 g/mol. The lowest BCUT2D eigenvalue weighted by atomic mass is 9.86. The van der Waals surface area contributed by atoms with E-state index in [1.807, 2.05) is 57.2 Å². The molecule has 8 heteroatoms. The van der Waals surface area contributed by atoms with Crippen LogP contribution in [0.4, 0.5) is 5.82 Å². The number of benzene rings is 1. The van der Waals surface area contributed by atoms with Gasteiger partial charge in [-0.05, 0) is 43.5 Å². The lowest BCUT2D eigenvalue weighted by Gasteiger charge is -2.36. The van der Waals surface area contributed by atoms with Gasteiger partial charge in [0.15, 0.2) is 0 Å². The lowest BCUT2D eigenvalue weighted by molar-refractivity contribution is -0.125. The first kappa shape index (κ1) is 23.5. The van der Waals surface area contributed by atoms with Crippen molar-refractivity contribution in [3.63, 3.8) is 0 Å². The minimum atomic E-state index is -0.379. The second kappa shape index (κ2) is 10.1. The Bertz CT molecular complexity index is 1270. The fourth-order valence-corrected chi connectivity index (χ4v) is 3.93. The summed E-state index contributed by atoms with van der Waals surface area (Å²) < 4.78 is 1.64. The number of aromatic nitrogens is 3. The van der Waals surface area contributed by atoms with E-state index >= 15 is 0 Å². The van der Waals surface area contributed by atoms with Crippen LogP contribution in [-0.4, -0.2) is 32.6 Å². The van der Waals surface area contributed by atoms with Gasteiger partial charge in [-0.2, -0.15) is 5.10 Å². The number of amides is 2. The molecule has 174 valence electrons. The van der Waals surface area contributed by atoms with E-state index in [0.29, 0.717) is 18.7 Å². The Morgan fingerprint density at radius 2 is 1.82 bits per heavy atom. The third kappa shape index (κ3) is 5.29. The minimum absolute atomic E-state index is 0.00425. The molecule has 0 atom stereocenters. The van der Waals surface area contributed by atoms with Crippen LogP contribution in [0.1, 0.15) is 59.9 Å². The molecule has 0 unspecified atom stereocenters. The number of carbonyl (C=O) groups is 2. The molecule has 1 aromatic carbocycles. The van der Waals surface area contributed by atoms with E-state index in [1.165, 1.54) is 6.20 Å². The molecule has 0 spiro atoms. The highest BCUT2D eigenvalue weighted by atomic mass is 35.5. The van der Waals surface area contributed by atoms with Gasteiger partial charge in [0.25, 0.3) is 5.91 Å². The molecule has 2 heterocycles. The second-order valence-electron chi connectivity index (χ2n) is 8.73. The third-order valence-electron chi connectivity index (χ3n) is 5.73. The Balaban J connectivity index is 1.43. The first-order chi connectivity index (χ1) is 16.3. The average Bonchev–Trinajstić information content (AvgIpc) is 3.17. The quantitative estimate of drug-likeness (QED) is 0.536. The zero-order valence-electron chi connectivity index (χ0n) is 19.3. The highest BCUT2D eigenvalue weighted by Crippen LogP contribution is 2.34. The number of nitrogens with one attached hydrogen (secondary N) is 2. The Labute approximate surface area is 203 Å². The van der Waals surface area contributed by atoms with Crippen molar-refractivity contribution in [3.8, 4) is 11.8 Å². The van der Waals surface area contributed by atoms with Gasteiger partial charge >= 0.3 is 0 Å². The number of hydrogen-bond donors (Lipinski definition) is 2. The molecule has 0 bridgehead atoms. The molecular formula is C26H26ClN5O2. The molecule has 2 amide bonds. The Morgan fingerprint density at radius 3 is 2.50 bits per heavy atom. The molecule has 0 saturated heterocycles. The van der Waals surface area contributed by atoms with Gasteiger partial charge in [-0.25, -0.2) is 4.98 Å². The fourth-order valence-electron chi connectivity index (χ4n) is 3.71. The SMILES string of the molecule is Cc1cc(C#Cc2ccccc2)cnc1NC(=O)c1c(Cl)cnn1C1CC(NC(=O)C(C)C)C1. The van der Waals surface area contributed by atoms with Crippen molar-refractivity contribution in [2.24, 2.45) is 5.92 Å². The van der Waals surface area contributed by atoms with Crippen molar-refractivity contribution >= 4 is 29.2 Å². The lowest BCUT2D eigenvalue weighted by Crippen LogP contribution is -2.47. The number of rotatable bonds is 5. The topological polar surface area (TPSA) is 88.9 Å². The van der Waals surface area contributed by atoms with Crippen LogP contribution < -0.4 is 10.6 Å². The van der Waals surface area contributed by atoms with Gasteiger partial charge in [0.05, 0.1) is 17.3 Å². The van der Waals surface area contributed by atoms with Crippen LogP contribution in [0.25, 0.3) is 0 Å². The van der Waals surface area contributed by atoms with Crippen molar-refractivity contribution in [1.82, 2.24) is 20.1 Å². The standard InChI is InChI=1S/C26H26ClN5O2/c1-16(2)25(33)30-20-12-21(13-20)32-23(22(27)15-29-32)26(34)31-24-17(3)11-19(14-28-24)10-9-18-7-5-4-6-8-18/h4-8,11,14-16,20-21H,12-13H2,1-3H3,(H,30,33)(H,28,31,34). The van der Waals surface area contributed by atoms with E-state index in [2.05, 4.69) is 32.6 Å². The maximum absolute atomic E-state index is 13.1. The maximum Gasteiger partial charge on any atom is 0.276 e. The number of pyridine rings is 1. The van der Waals surface area contributed by atoms with Crippen LogP contribution in [0.15, 0.2) is 48.8 Å². The molecule has 2 N–H and O–H groups in total. The van der Waals surface area contributed by atoms with E-state index in [9.17, 15) is 9.59 Å². The largest absolute Gasteiger partial charge is 0.353 e. The molecule has 3 aromatic rings.